The maximum atomic E-state index is 14.2. The second-order valence-corrected chi connectivity index (χ2v) is 9.14. The largest absolute Gasteiger partial charge is 0.358 e. The van der Waals surface area contributed by atoms with Gasteiger partial charge in [-0.1, -0.05) is 0 Å². The first kappa shape index (κ1) is 23.6. The normalized spacial score (nSPS) is 21.7. The molecule has 2 fully saturated rings. The second kappa shape index (κ2) is 10.1. The molecule has 1 unspecified atom stereocenters. The highest BCUT2D eigenvalue weighted by atomic mass is 19.3. The first-order valence-electron chi connectivity index (χ1n) is 11.6. The lowest BCUT2D eigenvalue weighted by Gasteiger charge is -2.38. The van der Waals surface area contributed by atoms with Crippen LogP contribution in [0.4, 0.5) is 14.5 Å². The zero-order valence-electron chi connectivity index (χ0n) is 18.9. The van der Waals surface area contributed by atoms with Crippen LogP contribution >= 0.6 is 0 Å². The Morgan fingerprint density at radius 2 is 2.12 bits per heavy atom. The Morgan fingerprint density at radius 3 is 2.85 bits per heavy atom. The highest BCUT2D eigenvalue weighted by Gasteiger charge is 2.42. The molecule has 2 aromatic rings. The van der Waals surface area contributed by atoms with Crippen LogP contribution in [0.3, 0.4) is 0 Å². The molecule has 2 amide bonds. The molecule has 2 aliphatic rings. The van der Waals surface area contributed by atoms with Gasteiger partial charge in [-0.2, -0.15) is 0 Å². The summed E-state index contributed by atoms with van der Waals surface area (Å²) in [7, 11) is 0. The summed E-state index contributed by atoms with van der Waals surface area (Å²) in [6.07, 6.45) is 6.81. The van der Waals surface area contributed by atoms with E-state index in [4.69, 9.17) is 0 Å². The summed E-state index contributed by atoms with van der Waals surface area (Å²) in [6.45, 7) is 4.81. The zero-order chi connectivity index (χ0) is 23.4. The van der Waals surface area contributed by atoms with E-state index in [2.05, 4.69) is 36.6 Å². The Hall–Kier alpha value is -2.59. The van der Waals surface area contributed by atoms with E-state index in [0.717, 1.165) is 42.5 Å². The zero-order valence-corrected chi connectivity index (χ0v) is 18.9. The van der Waals surface area contributed by atoms with Gasteiger partial charge in [0.25, 0.3) is 5.92 Å². The number of hydrogen-bond acceptors (Lipinski definition) is 5. The minimum atomic E-state index is -2.63. The Kier molecular flexibility index (Phi) is 7.23. The van der Waals surface area contributed by atoms with Gasteiger partial charge in [-0.15, -0.1) is 0 Å². The van der Waals surface area contributed by atoms with Crippen molar-refractivity contribution in [2.75, 3.05) is 44.6 Å². The average molecular weight is 463 g/mol. The molecule has 8 nitrogen and oxygen atoms in total. The van der Waals surface area contributed by atoms with E-state index in [-0.39, 0.29) is 31.5 Å². The first-order valence-corrected chi connectivity index (χ1v) is 11.6. The van der Waals surface area contributed by atoms with Crippen molar-refractivity contribution in [1.29, 1.82) is 0 Å². The van der Waals surface area contributed by atoms with E-state index in [0.29, 0.717) is 31.6 Å². The lowest BCUT2D eigenvalue weighted by atomic mass is 9.92. The topological polar surface area (TPSA) is 91.3 Å². The van der Waals surface area contributed by atoms with Crippen LogP contribution in [0.15, 0.2) is 18.5 Å². The Bertz CT molecular complexity index is 987. The number of alkyl halides is 2. The number of likely N-dealkylation sites (tertiary alicyclic amines) is 1. The van der Waals surface area contributed by atoms with E-state index in [1.54, 1.807) is 6.20 Å². The van der Waals surface area contributed by atoms with E-state index in [9.17, 15) is 18.4 Å². The van der Waals surface area contributed by atoms with Crippen molar-refractivity contribution < 1.29 is 18.4 Å². The third kappa shape index (κ3) is 5.50. The number of aromatic nitrogens is 2. The number of hydrogen-bond donors (Lipinski definition) is 3. The molecular formula is C23H32F2N6O2. The lowest BCUT2D eigenvalue weighted by Crippen LogP contribution is -2.51. The maximum absolute atomic E-state index is 14.2. The number of pyridine rings is 1. The molecule has 0 bridgehead atoms. The van der Waals surface area contributed by atoms with Crippen LogP contribution in [0.25, 0.3) is 11.0 Å². The molecule has 2 aromatic heterocycles. The minimum Gasteiger partial charge on any atom is -0.358 e. The number of carbonyl (C=O) groups is 2. The number of fused-ring (bicyclic) bond motifs is 1. The minimum absolute atomic E-state index is 0.186. The van der Waals surface area contributed by atoms with Crippen LogP contribution in [-0.4, -0.2) is 72.0 Å². The van der Waals surface area contributed by atoms with E-state index >= 15 is 0 Å². The highest BCUT2D eigenvalue weighted by molar-refractivity contribution is 5.93. The van der Waals surface area contributed by atoms with Gasteiger partial charge in [0.2, 0.25) is 12.3 Å². The van der Waals surface area contributed by atoms with Crippen LogP contribution in [0, 0.1) is 12.8 Å². The van der Waals surface area contributed by atoms with Crippen LogP contribution < -0.4 is 16.0 Å². The number of amides is 2. The van der Waals surface area contributed by atoms with Crippen molar-refractivity contribution in [3.63, 3.8) is 0 Å². The van der Waals surface area contributed by atoms with Crippen LogP contribution in [0.1, 0.15) is 37.3 Å². The average Bonchev–Trinajstić information content (AvgIpc) is 3.12. The summed E-state index contributed by atoms with van der Waals surface area (Å²) >= 11 is 0. The number of carbonyl (C=O) groups excluding carboxylic acids is 2. The van der Waals surface area contributed by atoms with Crippen molar-refractivity contribution in [3.05, 3.63) is 24.0 Å². The van der Waals surface area contributed by atoms with Crippen LogP contribution in [0.2, 0.25) is 0 Å². The molecule has 2 aliphatic heterocycles. The molecule has 0 radical (unpaired) electrons. The van der Waals surface area contributed by atoms with Crippen molar-refractivity contribution in [3.8, 4) is 0 Å². The Balaban J connectivity index is 1.38. The fourth-order valence-electron chi connectivity index (χ4n) is 4.91. The van der Waals surface area contributed by atoms with E-state index in [1.165, 1.54) is 0 Å². The van der Waals surface area contributed by atoms with Gasteiger partial charge >= 0.3 is 0 Å². The fourth-order valence-corrected chi connectivity index (χ4v) is 4.91. The molecule has 1 atom stereocenters. The van der Waals surface area contributed by atoms with Gasteiger partial charge in [-0.3, -0.25) is 9.59 Å². The summed E-state index contributed by atoms with van der Waals surface area (Å²) in [4.78, 5) is 29.1. The third-order valence-electron chi connectivity index (χ3n) is 6.79. The van der Waals surface area contributed by atoms with E-state index < -0.39 is 11.8 Å². The molecule has 0 saturated carbocycles. The van der Waals surface area contributed by atoms with Gasteiger partial charge in [0, 0.05) is 56.1 Å². The lowest BCUT2D eigenvalue weighted by molar-refractivity contribution is -0.116. The third-order valence-corrected chi connectivity index (χ3v) is 6.79. The highest BCUT2D eigenvalue weighted by Crippen LogP contribution is 2.33. The number of nitrogens with zero attached hydrogens (tertiary/aromatic N) is 3. The summed E-state index contributed by atoms with van der Waals surface area (Å²) in [5, 5.41) is 9.07. The maximum Gasteiger partial charge on any atom is 0.264 e. The van der Waals surface area contributed by atoms with Crippen molar-refractivity contribution in [2.45, 2.75) is 44.6 Å². The summed E-state index contributed by atoms with van der Waals surface area (Å²) in [5.74, 6) is -3.39. The first-order chi connectivity index (χ1) is 15.9. The molecular weight excluding hydrogens is 430 g/mol. The Morgan fingerprint density at radius 1 is 1.33 bits per heavy atom. The van der Waals surface area contributed by atoms with Crippen molar-refractivity contribution in [2.24, 2.45) is 5.92 Å². The van der Waals surface area contributed by atoms with Gasteiger partial charge in [0.1, 0.15) is 5.65 Å². The number of piperidine rings is 2. The molecule has 4 heterocycles. The number of nitrogens with one attached hydrogen (secondary N) is 3. The summed E-state index contributed by atoms with van der Waals surface area (Å²) < 4.78 is 30.6. The number of aryl methyl sites for hydroxylation is 1. The standard InChI is InChI=1S/C23H32F2N6O2/c1-16-12-31(22-20(16)10-18(11-28-22)29-21(33)3-7-27-15-32)19-4-8-30(9-5-19)13-17-2-6-26-14-23(17,24)25/h10-12,15,17,19,26H,2-9,13-14H2,1H3,(H,27,32)(H,29,33). The molecule has 0 aromatic carbocycles. The smallest absolute Gasteiger partial charge is 0.264 e. The second-order valence-electron chi connectivity index (χ2n) is 9.14. The SMILES string of the molecule is Cc1cn(C2CCN(CC3CCNCC3(F)F)CC2)c2ncc(NC(=O)CCNC=O)cc12. The van der Waals surface area contributed by atoms with Gasteiger partial charge < -0.3 is 25.4 Å². The van der Waals surface area contributed by atoms with Gasteiger partial charge in [-0.25, -0.2) is 13.8 Å². The van der Waals surface area contributed by atoms with Crippen molar-refractivity contribution in [1.82, 2.24) is 25.1 Å². The number of halogens is 2. The molecule has 0 aliphatic carbocycles. The number of anilines is 1. The summed E-state index contributed by atoms with van der Waals surface area (Å²) in [6, 6.07) is 2.20. The van der Waals surface area contributed by atoms with Gasteiger partial charge in [0.15, 0.2) is 0 Å². The molecule has 0 spiro atoms. The van der Waals surface area contributed by atoms with Crippen LogP contribution in [0.5, 0.6) is 0 Å². The predicted octanol–water partition coefficient (Wildman–Crippen LogP) is 2.30. The molecule has 2 saturated heterocycles. The predicted molar refractivity (Wildman–Crippen MR) is 122 cm³/mol. The Labute approximate surface area is 192 Å². The number of rotatable bonds is 8. The fraction of sp³-hybridized carbons (Fsp3) is 0.609. The molecule has 10 heteroatoms. The monoisotopic (exact) mass is 462 g/mol. The van der Waals surface area contributed by atoms with E-state index in [1.807, 2.05) is 13.0 Å². The quantitative estimate of drug-likeness (QED) is 0.414. The van der Waals surface area contributed by atoms with Crippen molar-refractivity contribution >= 4 is 29.0 Å². The molecule has 180 valence electrons. The summed E-state index contributed by atoms with van der Waals surface area (Å²) in [5.41, 5.74) is 2.57. The van der Waals surface area contributed by atoms with Gasteiger partial charge in [-0.05, 0) is 44.4 Å². The molecule has 33 heavy (non-hydrogen) atoms. The van der Waals surface area contributed by atoms with Gasteiger partial charge in [0.05, 0.1) is 18.4 Å². The molecule has 3 N–H and O–H groups in total. The molecule has 4 rings (SSSR count). The van der Waals surface area contributed by atoms with Crippen LogP contribution in [-0.2, 0) is 9.59 Å².